The van der Waals surface area contributed by atoms with E-state index in [0.29, 0.717) is 12.2 Å². The summed E-state index contributed by atoms with van der Waals surface area (Å²) in [5, 5.41) is 9.57. The molecule has 1 unspecified atom stereocenters. The van der Waals surface area contributed by atoms with E-state index in [1.165, 1.54) is 12.1 Å². The van der Waals surface area contributed by atoms with Crippen LogP contribution in [0.1, 0.15) is 17.2 Å². The van der Waals surface area contributed by atoms with Crippen molar-refractivity contribution >= 4 is 0 Å². The highest BCUT2D eigenvalue weighted by Gasteiger charge is 2.16. The van der Waals surface area contributed by atoms with Gasteiger partial charge < -0.3 is 9.84 Å². The van der Waals surface area contributed by atoms with E-state index >= 15 is 0 Å². The van der Waals surface area contributed by atoms with E-state index in [1.54, 1.807) is 6.07 Å². The molecule has 0 amide bonds. The van der Waals surface area contributed by atoms with E-state index < -0.39 is 6.10 Å². The summed E-state index contributed by atoms with van der Waals surface area (Å²) in [5.41, 5.74) is 1.64. The Hall–Kier alpha value is -0.930. The molecule has 1 N–H and O–H groups in total. The second-order valence-electron chi connectivity index (χ2n) is 3.18. The summed E-state index contributed by atoms with van der Waals surface area (Å²) < 4.78 is 18.0. The van der Waals surface area contributed by atoms with Crippen molar-refractivity contribution in [3.8, 4) is 0 Å². The molecule has 70 valence electrons. The maximum Gasteiger partial charge on any atom is 0.123 e. The molecule has 0 aromatic heterocycles. The Kier molecular flexibility index (Phi) is 2.29. The molecule has 1 aliphatic heterocycles. The van der Waals surface area contributed by atoms with Gasteiger partial charge >= 0.3 is 0 Å². The first kappa shape index (κ1) is 8.66. The minimum absolute atomic E-state index is 0.260. The van der Waals surface area contributed by atoms with Crippen LogP contribution in [-0.2, 0) is 11.2 Å². The number of ether oxygens (including phenoxy) is 1. The van der Waals surface area contributed by atoms with Gasteiger partial charge in [0, 0.05) is 0 Å². The van der Waals surface area contributed by atoms with E-state index in [2.05, 4.69) is 0 Å². The number of fused-ring (bicyclic) bond motifs is 1. The lowest BCUT2D eigenvalue weighted by Crippen LogP contribution is -2.04. The van der Waals surface area contributed by atoms with Crippen molar-refractivity contribution in [1.82, 2.24) is 0 Å². The molecule has 1 aromatic rings. The first-order valence-corrected chi connectivity index (χ1v) is 4.31. The summed E-state index contributed by atoms with van der Waals surface area (Å²) in [4.78, 5) is 0. The van der Waals surface area contributed by atoms with Crippen molar-refractivity contribution in [1.29, 1.82) is 0 Å². The molecule has 1 aromatic carbocycles. The minimum atomic E-state index is -0.687. The van der Waals surface area contributed by atoms with Crippen molar-refractivity contribution < 1.29 is 14.2 Å². The average molecular weight is 182 g/mol. The molecule has 1 aliphatic rings. The quantitative estimate of drug-likeness (QED) is 0.657. The van der Waals surface area contributed by atoms with Gasteiger partial charge in [-0.2, -0.15) is 0 Å². The SMILES string of the molecule is OC1COCCc2ccc(F)cc21. The third-order valence-corrected chi connectivity index (χ3v) is 2.26. The molecular weight excluding hydrogens is 171 g/mol. The van der Waals surface area contributed by atoms with Crippen molar-refractivity contribution in [2.24, 2.45) is 0 Å². The van der Waals surface area contributed by atoms with Crippen LogP contribution in [0.5, 0.6) is 0 Å². The smallest absolute Gasteiger partial charge is 0.123 e. The van der Waals surface area contributed by atoms with Crippen LogP contribution in [0, 0.1) is 5.82 Å². The van der Waals surface area contributed by atoms with Crippen LogP contribution in [0.4, 0.5) is 4.39 Å². The second kappa shape index (κ2) is 3.44. The maximum atomic E-state index is 12.8. The molecule has 0 bridgehead atoms. The van der Waals surface area contributed by atoms with Crippen LogP contribution in [0.25, 0.3) is 0 Å². The molecule has 1 heterocycles. The van der Waals surface area contributed by atoms with E-state index in [-0.39, 0.29) is 12.4 Å². The number of hydrogen-bond donors (Lipinski definition) is 1. The fraction of sp³-hybridized carbons (Fsp3) is 0.400. The Morgan fingerprint density at radius 2 is 2.31 bits per heavy atom. The summed E-state index contributed by atoms with van der Waals surface area (Å²) in [6.45, 7) is 0.853. The third-order valence-electron chi connectivity index (χ3n) is 2.26. The van der Waals surface area contributed by atoms with E-state index in [0.717, 1.165) is 12.0 Å². The van der Waals surface area contributed by atoms with Gasteiger partial charge in [0.1, 0.15) is 11.9 Å². The molecule has 2 nitrogen and oxygen atoms in total. The van der Waals surface area contributed by atoms with E-state index in [1.807, 2.05) is 0 Å². The molecule has 0 saturated carbocycles. The lowest BCUT2D eigenvalue weighted by Gasteiger charge is -2.09. The van der Waals surface area contributed by atoms with Gasteiger partial charge in [-0.1, -0.05) is 6.07 Å². The van der Waals surface area contributed by atoms with Crippen molar-refractivity contribution in [3.63, 3.8) is 0 Å². The zero-order valence-electron chi connectivity index (χ0n) is 7.16. The van der Waals surface area contributed by atoms with Gasteiger partial charge in [0.2, 0.25) is 0 Å². The average Bonchev–Trinajstić information content (AvgIpc) is 2.29. The first-order chi connectivity index (χ1) is 6.27. The standard InChI is InChI=1S/C10H11FO2/c11-8-2-1-7-3-4-13-6-10(12)9(7)5-8/h1-2,5,10,12H,3-4,6H2. The van der Waals surface area contributed by atoms with Gasteiger partial charge in [-0.3, -0.25) is 0 Å². The Morgan fingerprint density at radius 1 is 1.46 bits per heavy atom. The van der Waals surface area contributed by atoms with E-state index in [4.69, 9.17) is 4.74 Å². The molecule has 13 heavy (non-hydrogen) atoms. The number of aliphatic hydroxyl groups is 1. The predicted molar refractivity (Wildman–Crippen MR) is 45.9 cm³/mol. The number of rotatable bonds is 0. The Balaban J connectivity index is 2.43. The summed E-state index contributed by atoms with van der Waals surface area (Å²) in [5.74, 6) is -0.306. The van der Waals surface area contributed by atoms with Crippen molar-refractivity contribution in [2.75, 3.05) is 13.2 Å². The topological polar surface area (TPSA) is 29.5 Å². The van der Waals surface area contributed by atoms with Gasteiger partial charge in [0.05, 0.1) is 13.2 Å². The minimum Gasteiger partial charge on any atom is -0.386 e. The van der Waals surface area contributed by atoms with Gasteiger partial charge in [0.25, 0.3) is 0 Å². The summed E-state index contributed by atoms with van der Waals surface area (Å²) >= 11 is 0. The molecule has 0 spiro atoms. The van der Waals surface area contributed by atoms with E-state index in [9.17, 15) is 9.50 Å². The lowest BCUT2D eigenvalue weighted by molar-refractivity contribution is 0.0450. The highest BCUT2D eigenvalue weighted by molar-refractivity contribution is 5.30. The molecule has 1 atom stereocenters. The Bertz CT molecular complexity index is 312. The second-order valence-corrected chi connectivity index (χ2v) is 3.18. The number of benzene rings is 1. The number of aliphatic hydroxyl groups excluding tert-OH is 1. The monoisotopic (exact) mass is 182 g/mol. The van der Waals surface area contributed by atoms with Gasteiger partial charge in [0.15, 0.2) is 0 Å². The maximum absolute atomic E-state index is 12.8. The number of halogens is 1. The highest BCUT2D eigenvalue weighted by atomic mass is 19.1. The van der Waals surface area contributed by atoms with Crippen LogP contribution in [-0.4, -0.2) is 18.3 Å². The Labute approximate surface area is 76.0 Å². The van der Waals surface area contributed by atoms with Gasteiger partial charge in [-0.15, -0.1) is 0 Å². The van der Waals surface area contributed by atoms with Gasteiger partial charge in [-0.25, -0.2) is 4.39 Å². The summed E-state index contributed by atoms with van der Waals surface area (Å²) in [6, 6.07) is 4.51. The third kappa shape index (κ3) is 1.71. The normalized spacial score (nSPS) is 22.2. The molecule has 0 saturated heterocycles. The molecule has 3 heteroatoms. The van der Waals surface area contributed by atoms with Crippen LogP contribution in [0.3, 0.4) is 0 Å². The highest BCUT2D eigenvalue weighted by Crippen LogP contribution is 2.22. The molecule has 0 radical (unpaired) electrons. The molecule has 0 fully saturated rings. The van der Waals surface area contributed by atoms with Gasteiger partial charge in [-0.05, 0) is 29.7 Å². The Morgan fingerprint density at radius 3 is 3.15 bits per heavy atom. The lowest BCUT2D eigenvalue weighted by atomic mass is 10.0. The zero-order valence-corrected chi connectivity index (χ0v) is 7.16. The fourth-order valence-corrected chi connectivity index (χ4v) is 1.57. The van der Waals surface area contributed by atoms with Crippen molar-refractivity contribution in [3.05, 3.63) is 35.1 Å². The zero-order chi connectivity index (χ0) is 9.26. The molecule has 2 rings (SSSR count). The van der Waals surface area contributed by atoms with Crippen LogP contribution < -0.4 is 0 Å². The number of hydrogen-bond acceptors (Lipinski definition) is 2. The largest absolute Gasteiger partial charge is 0.386 e. The van der Waals surface area contributed by atoms with Crippen molar-refractivity contribution in [2.45, 2.75) is 12.5 Å². The predicted octanol–water partition coefficient (Wildman–Crippen LogP) is 1.43. The summed E-state index contributed by atoms with van der Waals surface area (Å²) in [6.07, 6.45) is 0.0559. The van der Waals surface area contributed by atoms with Crippen LogP contribution >= 0.6 is 0 Å². The first-order valence-electron chi connectivity index (χ1n) is 4.31. The molecule has 0 aliphatic carbocycles. The van der Waals surface area contributed by atoms with Crippen LogP contribution in [0.15, 0.2) is 18.2 Å². The molecular formula is C10H11FO2. The van der Waals surface area contributed by atoms with Crippen LogP contribution in [0.2, 0.25) is 0 Å². The summed E-state index contributed by atoms with van der Waals surface area (Å²) in [7, 11) is 0. The fourth-order valence-electron chi connectivity index (χ4n) is 1.57.